The van der Waals surface area contributed by atoms with Crippen LogP contribution < -0.4 is 10.6 Å². The van der Waals surface area contributed by atoms with E-state index in [-0.39, 0.29) is 18.2 Å². The SMILES string of the molecule is CC(C(=O)Nc1cccc(NC(=O)Cc2ccc(Cl)cc2Cl)c1)n1cccn1. The number of nitrogens with one attached hydrogen (secondary N) is 2. The number of carbonyl (C=O) groups excluding carboxylic acids is 2. The van der Waals surface area contributed by atoms with Gasteiger partial charge >= 0.3 is 0 Å². The molecule has 0 spiro atoms. The van der Waals surface area contributed by atoms with Gasteiger partial charge in [-0.1, -0.05) is 35.3 Å². The zero-order valence-electron chi connectivity index (χ0n) is 15.0. The predicted octanol–water partition coefficient (Wildman–Crippen LogP) is 4.57. The summed E-state index contributed by atoms with van der Waals surface area (Å²) in [5.41, 5.74) is 1.83. The molecule has 2 amide bonds. The van der Waals surface area contributed by atoms with Gasteiger partial charge < -0.3 is 10.6 Å². The van der Waals surface area contributed by atoms with Crippen LogP contribution in [0.25, 0.3) is 0 Å². The molecule has 1 atom stereocenters. The molecule has 3 rings (SSSR count). The molecule has 8 heteroatoms. The van der Waals surface area contributed by atoms with E-state index < -0.39 is 6.04 Å². The quantitative estimate of drug-likeness (QED) is 0.617. The number of rotatable bonds is 6. The first-order chi connectivity index (χ1) is 13.4. The maximum Gasteiger partial charge on any atom is 0.248 e. The molecular weight excluding hydrogens is 399 g/mol. The van der Waals surface area contributed by atoms with Gasteiger partial charge in [-0.2, -0.15) is 5.10 Å². The average Bonchev–Trinajstić information content (AvgIpc) is 3.18. The van der Waals surface area contributed by atoms with Gasteiger partial charge in [-0.15, -0.1) is 0 Å². The first kappa shape index (κ1) is 19.9. The Bertz CT molecular complexity index is 990. The van der Waals surface area contributed by atoms with E-state index in [0.717, 1.165) is 0 Å². The molecule has 1 unspecified atom stereocenters. The van der Waals surface area contributed by atoms with E-state index in [2.05, 4.69) is 15.7 Å². The van der Waals surface area contributed by atoms with Crippen LogP contribution in [0.2, 0.25) is 10.0 Å². The lowest BCUT2D eigenvalue weighted by Crippen LogP contribution is -2.24. The van der Waals surface area contributed by atoms with Crippen LogP contribution >= 0.6 is 23.2 Å². The van der Waals surface area contributed by atoms with Gasteiger partial charge in [0.1, 0.15) is 6.04 Å². The number of hydrogen-bond donors (Lipinski definition) is 2. The Labute approximate surface area is 172 Å². The molecule has 0 fully saturated rings. The Balaban J connectivity index is 1.62. The van der Waals surface area contributed by atoms with Crippen molar-refractivity contribution < 1.29 is 9.59 Å². The highest BCUT2D eigenvalue weighted by Crippen LogP contribution is 2.22. The topological polar surface area (TPSA) is 76.0 Å². The van der Waals surface area contributed by atoms with Gasteiger partial charge in [-0.25, -0.2) is 0 Å². The van der Waals surface area contributed by atoms with Crippen molar-refractivity contribution >= 4 is 46.4 Å². The van der Waals surface area contributed by atoms with Crippen LogP contribution in [0, 0.1) is 0 Å². The van der Waals surface area contributed by atoms with E-state index in [9.17, 15) is 9.59 Å². The average molecular weight is 417 g/mol. The highest BCUT2D eigenvalue weighted by Gasteiger charge is 2.15. The van der Waals surface area contributed by atoms with Crippen LogP contribution in [-0.2, 0) is 16.0 Å². The van der Waals surface area contributed by atoms with Crippen LogP contribution in [0.1, 0.15) is 18.5 Å². The molecule has 0 saturated carbocycles. The molecule has 0 radical (unpaired) electrons. The number of hydrogen-bond acceptors (Lipinski definition) is 3. The van der Waals surface area contributed by atoms with Crippen LogP contribution in [0.15, 0.2) is 60.9 Å². The summed E-state index contributed by atoms with van der Waals surface area (Å²) in [6.07, 6.45) is 3.46. The summed E-state index contributed by atoms with van der Waals surface area (Å²) in [5, 5.41) is 10.6. The second kappa shape index (κ2) is 8.91. The minimum absolute atomic E-state index is 0.114. The second-order valence-electron chi connectivity index (χ2n) is 6.19. The highest BCUT2D eigenvalue weighted by atomic mass is 35.5. The Morgan fingerprint density at radius 2 is 1.82 bits per heavy atom. The first-order valence-corrected chi connectivity index (χ1v) is 9.32. The van der Waals surface area contributed by atoms with Crippen molar-refractivity contribution in [1.29, 1.82) is 0 Å². The molecule has 0 bridgehead atoms. The summed E-state index contributed by atoms with van der Waals surface area (Å²) in [5.74, 6) is -0.433. The molecule has 2 aromatic carbocycles. The summed E-state index contributed by atoms with van der Waals surface area (Å²) < 4.78 is 1.57. The smallest absolute Gasteiger partial charge is 0.248 e. The van der Waals surface area contributed by atoms with E-state index in [1.165, 1.54) is 0 Å². The molecule has 0 aliphatic rings. The Hall–Kier alpha value is -2.83. The Kier molecular flexibility index (Phi) is 6.34. The van der Waals surface area contributed by atoms with Crippen molar-refractivity contribution in [3.05, 3.63) is 76.5 Å². The van der Waals surface area contributed by atoms with Gasteiger partial charge in [-0.05, 0) is 48.9 Å². The Morgan fingerprint density at radius 3 is 2.50 bits per heavy atom. The minimum Gasteiger partial charge on any atom is -0.326 e. The molecule has 0 aliphatic carbocycles. The van der Waals surface area contributed by atoms with Crippen molar-refractivity contribution in [1.82, 2.24) is 9.78 Å². The number of amides is 2. The van der Waals surface area contributed by atoms with Crippen molar-refractivity contribution in [2.24, 2.45) is 0 Å². The number of benzene rings is 2. The fourth-order valence-corrected chi connectivity index (χ4v) is 3.07. The normalized spacial score (nSPS) is 11.7. The van der Waals surface area contributed by atoms with E-state index >= 15 is 0 Å². The third kappa shape index (κ3) is 5.12. The molecule has 1 heterocycles. The molecule has 1 aromatic heterocycles. The molecule has 28 heavy (non-hydrogen) atoms. The fourth-order valence-electron chi connectivity index (χ4n) is 2.59. The van der Waals surface area contributed by atoms with Crippen molar-refractivity contribution in [3.63, 3.8) is 0 Å². The summed E-state index contributed by atoms with van der Waals surface area (Å²) in [4.78, 5) is 24.7. The minimum atomic E-state index is -0.458. The highest BCUT2D eigenvalue weighted by molar-refractivity contribution is 6.35. The fraction of sp³-hybridized carbons (Fsp3) is 0.150. The molecule has 0 saturated heterocycles. The third-order valence-electron chi connectivity index (χ3n) is 4.08. The zero-order valence-corrected chi connectivity index (χ0v) is 16.5. The molecule has 6 nitrogen and oxygen atoms in total. The molecule has 2 N–H and O–H groups in total. The van der Waals surface area contributed by atoms with E-state index in [4.69, 9.17) is 23.2 Å². The summed E-state index contributed by atoms with van der Waals surface area (Å²) in [7, 11) is 0. The van der Waals surface area contributed by atoms with E-state index in [1.807, 2.05) is 0 Å². The summed E-state index contributed by atoms with van der Waals surface area (Å²) in [6, 6.07) is 13.2. The maximum absolute atomic E-state index is 12.4. The lowest BCUT2D eigenvalue weighted by molar-refractivity contribution is -0.119. The summed E-state index contributed by atoms with van der Waals surface area (Å²) >= 11 is 12.0. The zero-order chi connectivity index (χ0) is 20.1. The van der Waals surface area contributed by atoms with Crippen LogP contribution in [0.4, 0.5) is 11.4 Å². The number of aromatic nitrogens is 2. The number of nitrogens with zero attached hydrogens (tertiary/aromatic N) is 2. The van der Waals surface area contributed by atoms with Crippen molar-refractivity contribution in [2.45, 2.75) is 19.4 Å². The van der Waals surface area contributed by atoms with Gasteiger partial charge in [0.05, 0.1) is 6.42 Å². The summed E-state index contributed by atoms with van der Waals surface area (Å²) in [6.45, 7) is 1.75. The van der Waals surface area contributed by atoms with Gasteiger partial charge in [0, 0.05) is 33.8 Å². The monoisotopic (exact) mass is 416 g/mol. The van der Waals surface area contributed by atoms with Gasteiger partial charge in [0.25, 0.3) is 0 Å². The van der Waals surface area contributed by atoms with E-state index in [1.54, 1.807) is 72.5 Å². The third-order valence-corrected chi connectivity index (χ3v) is 4.67. The standard InChI is InChI=1S/C20H18Cl2N4O2/c1-13(26-9-3-8-23-26)20(28)25-17-5-2-4-16(12-17)24-19(27)10-14-6-7-15(21)11-18(14)22/h2-9,11-13H,10H2,1H3,(H,24,27)(H,25,28). The number of carbonyl (C=O) groups is 2. The molecule has 144 valence electrons. The molecule has 0 aliphatic heterocycles. The van der Waals surface area contributed by atoms with E-state index in [0.29, 0.717) is 27.0 Å². The molecular formula is C20H18Cl2N4O2. The van der Waals surface area contributed by atoms with Gasteiger partial charge in [0.15, 0.2) is 0 Å². The van der Waals surface area contributed by atoms with Crippen LogP contribution in [-0.4, -0.2) is 21.6 Å². The lowest BCUT2D eigenvalue weighted by Gasteiger charge is -2.13. The lowest BCUT2D eigenvalue weighted by atomic mass is 10.1. The largest absolute Gasteiger partial charge is 0.326 e. The van der Waals surface area contributed by atoms with Crippen LogP contribution in [0.5, 0.6) is 0 Å². The molecule has 3 aromatic rings. The van der Waals surface area contributed by atoms with Crippen LogP contribution in [0.3, 0.4) is 0 Å². The van der Waals surface area contributed by atoms with Crippen molar-refractivity contribution in [3.8, 4) is 0 Å². The van der Waals surface area contributed by atoms with Crippen molar-refractivity contribution in [2.75, 3.05) is 10.6 Å². The first-order valence-electron chi connectivity index (χ1n) is 8.56. The second-order valence-corrected chi connectivity index (χ2v) is 7.04. The van der Waals surface area contributed by atoms with Gasteiger partial charge in [-0.3, -0.25) is 14.3 Å². The predicted molar refractivity (Wildman–Crippen MR) is 111 cm³/mol. The number of halogens is 2. The number of anilines is 2. The van der Waals surface area contributed by atoms with Gasteiger partial charge in [0.2, 0.25) is 11.8 Å². The maximum atomic E-state index is 12.4. The Morgan fingerprint density at radius 1 is 1.07 bits per heavy atom.